The summed E-state index contributed by atoms with van der Waals surface area (Å²) in [5.74, 6) is 0. The first-order valence-corrected chi connectivity index (χ1v) is 26.5. The molecule has 2 aliphatic rings. The predicted octanol–water partition coefficient (Wildman–Crippen LogP) is 9.52. The van der Waals surface area contributed by atoms with Gasteiger partial charge in [0.1, 0.15) is 0 Å². The van der Waals surface area contributed by atoms with Gasteiger partial charge >= 0.3 is 300 Å². The molecule has 48 heavy (non-hydrogen) atoms. The van der Waals surface area contributed by atoms with E-state index in [1.807, 2.05) is 0 Å². The second-order valence-electron chi connectivity index (χ2n) is 18.7. The van der Waals surface area contributed by atoms with Crippen LogP contribution in [-0.4, -0.2) is 26.5 Å². The van der Waals surface area contributed by atoms with Crippen LogP contribution in [0.25, 0.3) is 0 Å². The van der Waals surface area contributed by atoms with Crippen LogP contribution >= 0.6 is 0 Å². The molecule has 0 nitrogen and oxygen atoms in total. The molecule has 0 aliphatic carbocycles. The van der Waals surface area contributed by atoms with E-state index in [2.05, 4.69) is 194 Å². The standard InChI is InChI=1S/C46H58Ge2/c1-31-41(47(31,37-27-19-15-23-33(37)43(3,4)5)38-28-20-16-24-34(38)44(6,7)8)42-32(2)48(42,39-29-21-17-25-35(39)45(9,10)11)40-30-22-18-26-36(40)46(12,13)14/h15-30H,1-14H3. The third-order valence-electron chi connectivity index (χ3n) is 11.3. The third kappa shape index (κ3) is 5.31. The summed E-state index contributed by atoms with van der Waals surface area (Å²) in [5.41, 5.74) is 6.36. The topological polar surface area (TPSA) is 0 Å². The molecule has 0 fully saturated rings. The number of hydrogen-bond donors (Lipinski definition) is 0. The van der Waals surface area contributed by atoms with Crippen LogP contribution in [0.5, 0.6) is 0 Å². The van der Waals surface area contributed by atoms with Crippen LogP contribution in [0.1, 0.15) is 119 Å². The average molecular weight is 756 g/mol. The SMILES string of the molecule is C[C]1=[C]([C]2=[C](C)[Ge]2([c]2ccccc2C(C)(C)C)[c]2ccccc2C(C)(C)C)[Ge]1([c]1ccccc1C(C)(C)C)[c]1ccccc1C(C)(C)C. The minimum atomic E-state index is -3.22. The van der Waals surface area contributed by atoms with Crippen molar-refractivity contribution >= 4 is 44.1 Å². The van der Waals surface area contributed by atoms with Gasteiger partial charge in [-0.3, -0.25) is 0 Å². The van der Waals surface area contributed by atoms with E-state index in [1.54, 1.807) is 35.2 Å². The molecule has 6 rings (SSSR count). The Bertz CT molecular complexity index is 1710. The van der Waals surface area contributed by atoms with E-state index >= 15 is 0 Å². The Labute approximate surface area is 297 Å². The maximum atomic E-state index is 2.55. The fourth-order valence-electron chi connectivity index (χ4n) is 9.06. The molecule has 250 valence electrons. The summed E-state index contributed by atoms with van der Waals surface area (Å²) >= 11 is -6.44. The number of hydrogen-bond acceptors (Lipinski definition) is 0. The normalized spacial score (nSPS) is 17.5. The molecule has 0 aromatic heterocycles. The Morgan fingerprint density at radius 3 is 0.688 bits per heavy atom. The minimum absolute atomic E-state index is 0.0582. The molecular weight excluding hydrogens is 698 g/mol. The van der Waals surface area contributed by atoms with Gasteiger partial charge in [0, 0.05) is 0 Å². The van der Waals surface area contributed by atoms with Gasteiger partial charge in [0.2, 0.25) is 0 Å². The molecule has 0 bridgehead atoms. The Kier molecular flexibility index (Phi) is 8.45. The second-order valence-corrected chi connectivity index (χ2v) is 34.7. The molecule has 2 heterocycles. The van der Waals surface area contributed by atoms with E-state index in [-0.39, 0.29) is 21.7 Å². The summed E-state index contributed by atoms with van der Waals surface area (Å²) in [4.78, 5) is 0. The van der Waals surface area contributed by atoms with Crippen molar-refractivity contribution in [3.8, 4) is 0 Å². The van der Waals surface area contributed by atoms with Gasteiger partial charge in [0.05, 0.1) is 0 Å². The zero-order valence-electron chi connectivity index (χ0n) is 32.2. The van der Waals surface area contributed by atoms with E-state index < -0.39 is 26.5 Å². The zero-order chi connectivity index (χ0) is 35.2. The van der Waals surface area contributed by atoms with Gasteiger partial charge in [0.25, 0.3) is 0 Å². The van der Waals surface area contributed by atoms with Gasteiger partial charge in [0.15, 0.2) is 0 Å². The van der Waals surface area contributed by atoms with E-state index in [9.17, 15) is 0 Å². The molecule has 0 saturated heterocycles. The zero-order valence-corrected chi connectivity index (χ0v) is 36.4. The van der Waals surface area contributed by atoms with Gasteiger partial charge in [-0.2, -0.15) is 0 Å². The Hall–Kier alpha value is -2.55. The molecule has 0 atom stereocenters. The van der Waals surface area contributed by atoms with Crippen LogP contribution in [0.15, 0.2) is 115 Å². The summed E-state index contributed by atoms with van der Waals surface area (Å²) in [5, 5.41) is 0. The van der Waals surface area contributed by atoms with Gasteiger partial charge in [-0.15, -0.1) is 0 Å². The predicted molar refractivity (Wildman–Crippen MR) is 216 cm³/mol. The van der Waals surface area contributed by atoms with Crippen molar-refractivity contribution in [2.45, 2.75) is 119 Å². The van der Waals surface area contributed by atoms with Crippen molar-refractivity contribution in [3.05, 3.63) is 137 Å². The van der Waals surface area contributed by atoms with E-state index in [0.29, 0.717) is 0 Å². The number of allylic oxidation sites excluding steroid dienone is 4. The van der Waals surface area contributed by atoms with Crippen LogP contribution in [-0.2, 0) is 21.7 Å². The Balaban J connectivity index is 1.71. The van der Waals surface area contributed by atoms with Gasteiger partial charge in [-0.1, -0.05) is 0 Å². The van der Waals surface area contributed by atoms with Crippen LogP contribution in [0.2, 0.25) is 0 Å². The van der Waals surface area contributed by atoms with E-state index in [4.69, 9.17) is 0 Å². The first kappa shape index (κ1) is 35.3. The summed E-state index contributed by atoms with van der Waals surface area (Å²) in [7, 11) is 0. The molecule has 0 N–H and O–H groups in total. The molecule has 4 aromatic rings. The summed E-state index contributed by atoms with van der Waals surface area (Å²) in [6.07, 6.45) is 0. The van der Waals surface area contributed by atoms with Gasteiger partial charge in [-0.25, -0.2) is 0 Å². The van der Waals surface area contributed by atoms with E-state index in [0.717, 1.165) is 0 Å². The Morgan fingerprint density at radius 2 is 0.500 bits per heavy atom. The van der Waals surface area contributed by atoms with Crippen molar-refractivity contribution < 1.29 is 0 Å². The van der Waals surface area contributed by atoms with E-state index in [1.165, 1.54) is 22.3 Å². The molecule has 0 saturated carbocycles. The van der Waals surface area contributed by atoms with Gasteiger partial charge < -0.3 is 0 Å². The van der Waals surface area contributed by atoms with Crippen LogP contribution in [0.3, 0.4) is 0 Å². The summed E-state index contributed by atoms with van der Waals surface area (Å²) in [6, 6.07) is 38.3. The first-order valence-electron chi connectivity index (χ1n) is 18.1. The van der Waals surface area contributed by atoms with Crippen molar-refractivity contribution in [1.82, 2.24) is 0 Å². The second kappa shape index (κ2) is 11.5. The number of benzene rings is 4. The molecular formula is C46H58Ge2. The monoisotopic (exact) mass is 758 g/mol. The average Bonchev–Trinajstić information content (AvgIpc) is 3.83. The molecule has 4 aromatic carbocycles. The van der Waals surface area contributed by atoms with Crippen LogP contribution in [0, 0.1) is 0 Å². The maximum absolute atomic E-state index is 3.22. The molecule has 0 spiro atoms. The quantitative estimate of drug-likeness (QED) is 0.178. The molecule has 2 aliphatic heterocycles. The van der Waals surface area contributed by atoms with Crippen molar-refractivity contribution in [3.63, 3.8) is 0 Å². The van der Waals surface area contributed by atoms with Gasteiger partial charge in [-0.05, 0) is 0 Å². The van der Waals surface area contributed by atoms with Crippen LogP contribution < -0.4 is 17.6 Å². The van der Waals surface area contributed by atoms with Crippen molar-refractivity contribution in [1.29, 1.82) is 0 Å². The van der Waals surface area contributed by atoms with Crippen LogP contribution in [0.4, 0.5) is 0 Å². The van der Waals surface area contributed by atoms with Crippen molar-refractivity contribution in [2.75, 3.05) is 0 Å². The van der Waals surface area contributed by atoms with Crippen molar-refractivity contribution in [2.24, 2.45) is 0 Å². The molecule has 2 heteroatoms. The summed E-state index contributed by atoms with van der Waals surface area (Å²) < 4.78 is 13.7. The number of rotatable bonds is 5. The molecule has 0 unspecified atom stereocenters. The molecule has 0 radical (unpaired) electrons. The summed E-state index contributed by atoms with van der Waals surface area (Å²) in [6.45, 7) is 34.1. The Morgan fingerprint density at radius 1 is 0.312 bits per heavy atom. The fourth-order valence-corrected chi connectivity index (χ4v) is 40.3. The first-order chi connectivity index (χ1) is 22.2. The molecule has 0 amide bonds. The fraction of sp³-hybridized carbons (Fsp3) is 0.391. The third-order valence-corrected chi connectivity index (χ3v) is 33.3.